The summed E-state index contributed by atoms with van der Waals surface area (Å²) in [6, 6.07) is 18.9. The zero-order chi connectivity index (χ0) is 17.9. The summed E-state index contributed by atoms with van der Waals surface area (Å²) in [6.07, 6.45) is 6.14. The number of aryl methyl sites for hydroxylation is 1. The summed E-state index contributed by atoms with van der Waals surface area (Å²) in [6.45, 7) is 3.62. The second-order valence-electron chi connectivity index (χ2n) is 7.70. The lowest BCUT2D eigenvalue weighted by Crippen LogP contribution is -2.38. The van der Waals surface area contributed by atoms with E-state index < -0.39 is 0 Å². The zero-order valence-electron chi connectivity index (χ0n) is 15.6. The third-order valence-electron chi connectivity index (χ3n) is 5.94. The molecule has 0 unspecified atom stereocenters. The van der Waals surface area contributed by atoms with Gasteiger partial charge in [-0.05, 0) is 44.6 Å². The molecule has 1 aliphatic carbocycles. The summed E-state index contributed by atoms with van der Waals surface area (Å²) in [5, 5.41) is 0. The lowest BCUT2D eigenvalue weighted by Gasteiger charge is -2.39. The summed E-state index contributed by atoms with van der Waals surface area (Å²) >= 11 is 0. The van der Waals surface area contributed by atoms with Crippen LogP contribution in [0.2, 0.25) is 0 Å². The van der Waals surface area contributed by atoms with Crippen LogP contribution in [0.1, 0.15) is 59.6 Å². The van der Waals surface area contributed by atoms with Crippen LogP contribution in [0, 0.1) is 6.92 Å². The number of hydrogen-bond donors (Lipinski definition) is 0. The van der Waals surface area contributed by atoms with Crippen LogP contribution in [0.25, 0.3) is 0 Å². The number of carbonyl (C=O) groups is 1. The molecule has 1 saturated heterocycles. The van der Waals surface area contributed by atoms with Gasteiger partial charge >= 0.3 is 0 Å². The molecule has 2 aromatic rings. The van der Waals surface area contributed by atoms with Crippen LogP contribution in [0.3, 0.4) is 0 Å². The molecule has 26 heavy (non-hydrogen) atoms. The average Bonchev–Trinajstić information content (AvgIpc) is 2.63. The molecule has 1 aliphatic heterocycles. The lowest BCUT2D eigenvalue weighted by atomic mass is 9.81. The molecule has 0 radical (unpaired) electrons. The van der Waals surface area contributed by atoms with Crippen LogP contribution in [-0.2, 0) is 0 Å². The van der Waals surface area contributed by atoms with Gasteiger partial charge in [-0.25, -0.2) is 0 Å². The number of rotatable bonds is 4. The molecule has 0 spiro atoms. The summed E-state index contributed by atoms with van der Waals surface area (Å²) in [5.41, 5.74) is 6.79. The molecule has 1 atom stereocenters. The van der Waals surface area contributed by atoms with Crippen molar-refractivity contribution in [2.24, 2.45) is 0 Å². The molecule has 1 saturated carbocycles. The summed E-state index contributed by atoms with van der Waals surface area (Å²) in [5.74, 6) is 0.224. The van der Waals surface area contributed by atoms with Crippen molar-refractivity contribution >= 4 is 5.78 Å². The quantitative estimate of drug-likeness (QED) is 0.539. The third kappa shape index (κ3) is 3.66. The number of hydrogen-bond acceptors (Lipinski definition) is 2. The van der Waals surface area contributed by atoms with Crippen molar-refractivity contribution in [2.75, 3.05) is 13.1 Å². The summed E-state index contributed by atoms with van der Waals surface area (Å²) in [4.78, 5) is 15.2. The number of benzene rings is 2. The molecular formula is C24H27NO. The SMILES string of the molecule is Cc1ccc([C@@H]2CC(=C3CCC3)CCN2CC(=O)c2ccccc2)cc1. The van der Waals surface area contributed by atoms with E-state index in [1.807, 2.05) is 30.3 Å². The fourth-order valence-corrected chi connectivity index (χ4v) is 4.13. The molecule has 1 heterocycles. The van der Waals surface area contributed by atoms with Crippen LogP contribution in [0.4, 0.5) is 0 Å². The first-order valence-corrected chi connectivity index (χ1v) is 9.79. The van der Waals surface area contributed by atoms with Crippen molar-refractivity contribution in [2.45, 2.75) is 45.1 Å². The van der Waals surface area contributed by atoms with E-state index in [9.17, 15) is 4.79 Å². The fraction of sp³-hybridized carbons (Fsp3) is 0.375. The molecule has 0 aromatic heterocycles. The molecule has 0 N–H and O–H groups in total. The smallest absolute Gasteiger partial charge is 0.176 e. The topological polar surface area (TPSA) is 20.3 Å². The normalized spacial score (nSPS) is 20.7. The Balaban J connectivity index is 1.57. The van der Waals surface area contributed by atoms with Crippen molar-refractivity contribution in [3.05, 3.63) is 82.4 Å². The second kappa shape index (κ2) is 7.59. The predicted octanol–water partition coefficient (Wildman–Crippen LogP) is 5.50. The van der Waals surface area contributed by atoms with E-state index >= 15 is 0 Å². The Hall–Kier alpha value is -2.19. The second-order valence-corrected chi connectivity index (χ2v) is 7.70. The number of nitrogens with zero attached hydrogens (tertiary/aromatic N) is 1. The van der Waals surface area contributed by atoms with Gasteiger partial charge in [-0.1, -0.05) is 71.3 Å². The Labute approximate surface area is 156 Å². The highest BCUT2D eigenvalue weighted by molar-refractivity contribution is 5.97. The highest BCUT2D eigenvalue weighted by Crippen LogP contribution is 2.40. The van der Waals surface area contributed by atoms with Crippen LogP contribution in [-0.4, -0.2) is 23.8 Å². The number of likely N-dealkylation sites (tertiary alicyclic amines) is 1. The first-order chi connectivity index (χ1) is 12.7. The van der Waals surface area contributed by atoms with E-state index in [1.165, 1.54) is 30.4 Å². The van der Waals surface area contributed by atoms with Crippen LogP contribution < -0.4 is 0 Å². The minimum Gasteiger partial charge on any atom is -0.293 e. The van der Waals surface area contributed by atoms with Crippen molar-refractivity contribution in [1.82, 2.24) is 4.90 Å². The maximum Gasteiger partial charge on any atom is 0.176 e. The van der Waals surface area contributed by atoms with Gasteiger partial charge in [0.1, 0.15) is 0 Å². The Bertz CT molecular complexity index is 798. The zero-order valence-corrected chi connectivity index (χ0v) is 15.6. The highest BCUT2D eigenvalue weighted by Gasteiger charge is 2.30. The summed E-state index contributed by atoms with van der Waals surface area (Å²) in [7, 11) is 0. The molecule has 2 aliphatic rings. The highest BCUT2D eigenvalue weighted by atomic mass is 16.1. The number of piperidine rings is 1. The van der Waals surface area contributed by atoms with Gasteiger partial charge in [0.25, 0.3) is 0 Å². The molecule has 2 aromatic carbocycles. The van der Waals surface area contributed by atoms with Crippen molar-refractivity contribution in [3.8, 4) is 0 Å². The number of carbonyl (C=O) groups excluding carboxylic acids is 1. The van der Waals surface area contributed by atoms with E-state index in [0.29, 0.717) is 12.6 Å². The van der Waals surface area contributed by atoms with Gasteiger partial charge in [0.2, 0.25) is 0 Å². The van der Waals surface area contributed by atoms with E-state index in [0.717, 1.165) is 24.9 Å². The van der Waals surface area contributed by atoms with E-state index in [4.69, 9.17) is 0 Å². The first kappa shape index (κ1) is 17.2. The molecule has 0 amide bonds. The van der Waals surface area contributed by atoms with Gasteiger partial charge in [-0.15, -0.1) is 0 Å². The summed E-state index contributed by atoms with van der Waals surface area (Å²) < 4.78 is 0. The predicted molar refractivity (Wildman–Crippen MR) is 106 cm³/mol. The van der Waals surface area contributed by atoms with E-state index in [2.05, 4.69) is 36.1 Å². The van der Waals surface area contributed by atoms with E-state index in [-0.39, 0.29) is 5.78 Å². The first-order valence-electron chi connectivity index (χ1n) is 9.79. The van der Waals surface area contributed by atoms with Crippen molar-refractivity contribution in [3.63, 3.8) is 0 Å². The van der Waals surface area contributed by atoms with Gasteiger partial charge in [-0.2, -0.15) is 0 Å². The third-order valence-corrected chi connectivity index (χ3v) is 5.94. The minimum absolute atomic E-state index is 0.224. The molecule has 2 nitrogen and oxygen atoms in total. The molecule has 134 valence electrons. The minimum atomic E-state index is 0.224. The fourth-order valence-electron chi connectivity index (χ4n) is 4.13. The Kier molecular flexibility index (Phi) is 5.03. The molecule has 2 fully saturated rings. The number of ketones is 1. The number of Topliss-reactive ketones (excluding diaryl/α,β-unsaturated/α-hetero) is 1. The van der Waals surface area contributed by atoms with Crippen LogP contribution in [0.15, 0.2) is 65.7 Å². The molecule has 4 rings (SSSR count). The maximum absolute atomic E-state index is 12.8. The monoisotopic (exact) mass is 345 g/mol. The van der Waals surface area contributed by atoms with E-state index in [1.54, 1.807) is 11.1 Å². The van der Waals surface area contributed by atoms with Crippen LogP contribution >= 0.6 is 0 Å². The lowest BCUT2D eigenvalue weighted by molar-refractivity contribution is 0.0870. The van der Waals surface area contributed by atoms with Gasteiger partial charge in [0.15, 0.2) is 5.78 Å². The Morgan fingerprint density at radius 1 is 0.962 bits per heavy atom. The average molecular weight is 345 g/mol. The standard InChI is InChI=1S/C24H27NO/c1-18-10-12-20(13-11-18)23-16-22(19-8-5-9-19)14-15-25(23)17-24(26)21-6-3-2-4-7-21/h2-4,6-7,10-13,23H,5,8-9,14-17H2,1H3/t23-/m0/s1. The van der Waals surface area contributed by atoms with Gasteiger partial charge in [0, 0.05) is 18.2 Å². The Morgan fingerprint density at radius 3 is 2.35 bits per heavy atom. The van der Waals surface area contributed by atoms with Crippen molar-refractivity contribution < 1.29 is 4.79 Å². The molecule has 2 heteroatoms. The van der Waals surface area contributed by atoms with Gasteiger partial charge < -0.3 is 0 Å². The number of allylic oxidation sites excluding steroid dienone is 1. The largest absolute Gasteiger partial charge is 0.293 e. The van der Waals surface area contributed by atoms with Gasteiger partial charge in [0.05, 0.1) is 6.54 Å². The van der Waals surface area contributed by atoms with Crippen molar-refractivity contribution in [1.29, 1.82) is 0 Å². The van der Waals surface area contributed by atoms with Gasteiger partial charge in [-0.3, -0.25) is 9.69 Å². The molecular weight excluding hydrogens is 318 g/mol. The molecule has 0 bridgehead atoms. The maximum atomic E-state index is 12.8. The van der Waals surface area contributed by atoms with Crippen LogP contribution in [0.5, 0.6) is 0 Å². The Morgan fingerprint density at radius 2 is 1.69 bits per heavy atom.